The summed E-state index contributed by atoms with van der Waals surface area (Å²) in [6, 6.07) is 9.09. The van der Waals surface area contributed by atoms with Gasteiger partial charge in [-0.25, -0.2) is 0 Å². The fourth-order valence-electron chi connectivity index (χ4n) is 1.31. The SMILES string of the molecule is N#CCc1ccc(NC(=O)c2nnc(N)s2)cc1. The number of nitrogens with two attached hydrogens (primary N) is 1. The fraction of sp³-hybridized carbons (Fsp3) is 0.0909. The second-order valence-corrected chi connectivity index (χ2v) is 4.44. The molecular weight excluding hydrogens is 250 g/mol. The van der Waals surface area contributed by atoms with Crippen molar-refractivity contribution in [2.75, 3.05) is 11.1 Å². The number of amides is 1. The Balaban J connectivity index is 2.05. The van der Waals surface area contributed by atoms with Crippen molar-refractivity contribution in [1.82, 2.24) is 10.2 Å². The molecule has 2 aromatic rings. The fourth-order valence-corrected chi connectivity index (χ4v) is 1.81. The first-order chi connectivity index (χ1) is 8.69. The molecule has 0 saturated heterocycles. The van der Waals surface area contributed by atoms with Gasteiger partial charge in [-0.1, -0.05) is 23.5 Å². The summed E-state index contributed by atoms with van der Waals surface area (Å²) in [5.74, 6) is -0.350. The molecule has 6 nitrogen and oxygen atoms in total. The van der Waals surface area contributed by atoms with E-state index < -0.39 is 0 Å². The number of hydrogen-bond acceptors (Lipinski definition) is 6. The highest BCUT2D eigenvalue weighted by Crippen LogP contribution is 2.15. The number of aromatic nitrogens is 2. The van der Waals surface area contributed by atoms with Crippen LogP contribution in [0.25, 0.3) is 0 Å². The van der Waals surface area contributed by atoms with E-state index in [0.29, 0.717) is 12.1 Å². The molecule has 1 heterocycles. The number of hydrogen-bond donors (Lipinski definition) is 2. The Bertz CT molecular complexity index is 599. The largest absolute Gasteiger partial charge is 0.374 e. The number of nitriles is 1. The van der Waals surface area contributed by atoms with Gasteiger partial charge in [-0.3, -0.25) is 4.79 Å². The lowest BCUT2D eigenvalue weighted by atomic mass is 10.1. The van der Waals surface area contributed by atoms with Crippen LogP contribution in [0, 0.1) is 11.3 Å². The Hall–Kier alpha value is -2.46. The first-order valence-corrected chi connectivity index (χ1v) is 5.87. The molecule has 0 aliphatic heterocycles. The van der Waals surface area contributed by atoms with Gasteiger partial charge < -0.3 is 11.1 Å². The molecule has 0 aliphatic carbocycles. The number of rotatable bonds is 3. The van der Waals surface area contributed by atoms with Gasteiger partial charge in [0.15, 0.2) is 0 Å². The van der Waals surface area contributed by atoms with E-state index in [-0.39, 0.29) is 16.0 Å². The third kappa shape index (κ3) is 2.81. The molecule has 2 rings (SSSR count). The number of carbonyl (C=O) groups is 1. The average molecular weight is 259 g/mol. The second kappa shape index (κ2) is 5.25. The predicted octanol–water partition coefficient (Wildman–Crippen LogP) is 1.44. The van der Waals surface area contributed by atoms with E-state index in [0.717, 1.165) is 16.9 Å². The Morgan fingerprint density at radius 1 is 1.39 bits per heavy atom. The maximum atomic E-state index is 11.7. The summed E-state index contributed by atoms with van der Waals surface area (Å²) in [5, 5.41) is 18.9. The van der Waals surface area contributed by atoms with Crippen LogP contribution in [0.4, 0.5) is 10.8 Å². The minimum atomic E-state index is -0.350. The monoisotopic (exact) mass is 259 g/mol. The van der Waals surface area contributed by atoms with E-state index in [1.165, 1.54) is 0 Å². The maximum Gasteiger partial charge on any atom is 0.286 e. The van der Waals surface area contributed by atoms with Crippen LogP contribution in [0.2, 0.25) is 0 Å². The number of anilines is 2. The highest BCUT2D eigenvalue weighted by atomic mass is 32.1. The van der Waals surface area contributed by atoms with Crippen LogP contribution >= 0.6 is 11.3 Å². The van der Waals surface area contributed by atoms with Gasteiger partial charge in [0.25, 0.3) is 5.91 Å². The highest BCUT2D eigenvalue weighted by molar-refractivity contribution is 7.16. The zero-order valence-corrected chi connectivity index (χ0v) is 10.1. The van der Waals surface area contributed by atoms with Gasteiger partial charge in [-0.15, -0.1) is 10.2 Å². The topological polar surface area (TPSA) is 105 Å². The van der Waals surface area contributed by atoms with Crippen molar-refractivity contribution in [3.63, 3.8) is 0 Å². The van der Waals surface area contributed by atoms with Crippen molar-refractivity contribution in [3.05, 3.63) is 34.8 Å². The normalized spacial score (nSPS) is 9.72. The van der Waals surface area contributed by atoms with Gasteiger partial charge in [0.2, 0.25) is 10.1 Å². The lowest BCUT2D eigenvalue weighted by Crippen LogP contribution is -2.11. The number of nitrogens with zero attached hydrogens (tertiary/aromatic N) is 3. The number of benzene rings is 1. The maximum absolute atomic E-state index is 11.7. The first-order valence-electron chi connectivity index (χ1n) is 5.05. The molecule has 0 atom stereocenters. The third-order valence-electron chi connectivity index (χ3n) is 2.13. The molecule has 18 heavy (non-hydrogen) atoms. The van der Waals surface area contributed by atoms with Gasteiger partial charge in [-0.05, 0) is 17.7 Å². The molecule has 0 radical (unpaired) electrons. The molecule has 0 aliphatic rings. The molecule has 3 N–H and O–H groups in total. The number of nitrogen functional groups attached to an aromatic ring is 1. The summed E-state index contributed by atoms with van der Waals surface area (Å²) in [4.78, 5) is 11.7. The van der Waals surface area contributed by atoms with Crippen molar-refractivity contribution in [2.24, 2.45) is 0 Å². The zero-order valence-electron chi connectivity index (χ0n) is 9.25. The Morgan fingerprint density at radius 2 is 2.11 bits per heavy atom. The molecular formula is C11H9N5OS. The van der Waals surface area contributed by atoms with Crippen molar-refractivity contribution in [2.45, 2.75) is 6.42 Å². The second-order valence-electron chi connectivity index (χ2n) is 3.43. The van der Waals surface area contributed by atoms with Gasteiger partial charge in [0, 0.05) is 5.69 Å². The number of carbonyl (C=O) groups excluding carboxylic acids is 1. The van der Waals surface area contributed by atoms with Crippen molar-refractivity contribution in [1.29, 1.82) is 5.26 Å². The lowest BCUT2D eigenvalue weighted by molar-refractivity contribution is 0.102. The molecule has 7 heteroatoms. The quantitative estimate of drug-likeness (QED) is 0.867. The van der Waals surface area contributed by atoms with E-state index in [2.05, 4.69) is 21.6 Å². The van der Waals surface area contributed by atoms with Crippen LogP contribution in [0.15, 0.2) is 24.3 Å². The predicted molar refractivity (Wildman–Crippen MR) is 68.0 cm³/mol. The minimum absolute atomic E-state index is 0.216. The van der Waals surface area contributed by atoms with Crippen molar-refractivity contribution in [3.8, 4) is 6.07 Å². The molecule has 1 aromatic carbocycles. The Morgan fingerprint density at radius 3 is 2.67 bits per heavy atom. The van der Waals surface area contributed by atoms with E-state index in [4.69, 9.17) is 11.0 Å². The van der Waals surface area contributed by atoms with E-state index in [1.807, 2.05) is 0 Å². The molecule has 90 valence electrons. The number of nitrogens with one attached hydrogen (secondary N) is 1. The molecule has 0 unspecified atom stereocenters. The van der Waals surface area contributed by atoms with Crippen LogP contribution in [0.3, 0.4) is 0 Å². The summed E-state index contributed by atoms with van der Waals surface area (Å²) < 4.78 is 0. The summed E-state index contributed by atoms with van der Waals surface area (Å²) in [6.45, 7) is 0. The smallest absolute Gasteiger partial charge is 0.286 e. The highest BCUT2D eigenvalue weighted by Gasteiger charge is 2.11. The third-order valence-corrected chi connectivity index (χ3v) is 2.88. The summed E-state index contributed by atoms with van der Waals surface area (Å²) in [5.41, 5.74) is 6.93. The van der Waals surface area contributed by atoms with Gasteiger partial charge in [0.1, 0.15) is 0 Å². The molecule has 0 spiro atoms. The summed E-state index contributed by atoms with van der Waals surface area (Å²) >= 11 is 1.03. The molecule has 0 bridgehead atoms. The molecule has 1 aromatic heterocycles. The molecule has 1 amide bonds. The minimum Gasteiger partial charge on any atom is -0.374 e. The summed E-state index contributed by atoms with van der Waals surface area (Å²) in [6.07, 6.45) is 0.348. The van der Waals surface area contributed by atoms with Crippen LogP contribution in [0.1, 0.15) is 15.4 Å². The average Bonchev–Trinajstić information content (AvgIpc) is 2.79. The van der Waals surface area contributed by atoms with Gasteiger partial charge >= 0.3 is 0 Å². The first kappa shape index (κ1) is 12.0. The molecule has 0 fully saturated rings. The molecule has 0 saturated carbocycles. The van der Waals surface area contributed by atoms with E-state index in [9.17, 15) is 4.79 Å². The van der Waals surface area contributed by atoms with Crippen LogP contribution in [0.5, 0.6) is 0 Å². The summed E-state index contributed by atoms with van der Waals surface area (Å²) in [7, 11) is 0. The zero-order chi connectivity index (χ0) is 13.0. The van der Waals surface area contributed by atoms with E-state index in [1.54, 1.807) is 24.3 Å². The van der Waals surface area contributed by atoms with Crippen LogP contribution < -0.4 is 11.1 Å². The van der Waals surface area contributed by atoms with Crippen molar-refractivity contribution >= 4 is 28.1 Å². The lowest BCUT2D eigenvalue weighted by Gasteiger charge is -2.02. The Labute approximate surface area is 107 Å². The van der Waals surface area contributed by atoms with Crippen LogP contribution in [-0.2, 0) is 6.42 Å². The van der Waals surface area contributed by atoms with Gasteiger partial charge in [0.05, 0.1) is 12.5 Å². The van der Waals surface area contributed by atoms with Crippen molar-refractivity contribution < 1.29 is 4.79 Å². The Kier molecular flexibility index (Phi) is 3.50. The van der Waals surface area contributed by atoms with E-state index >= 15 is 0 Å². The van der Waals surface area contributed by atoms with Crippen LogP contribution in [-0.4, -0.2) is 16.1 Å². The standard InChI is InChI=1S/C11H9N5OS/c12-6-5-7-1-3-8(4-2-7)14-9(17)10-15-16-11(13)18-10/h1-4H,5H2,(H2,13,16)(H,14,17). The van der Waals surface area contributed by atoms with Gasteiger partial charge in [-0.2, -0.15) is 5.26 Å².